The molecule has 9 heteroatoms. The molecule has 2 aliphatic heterocycles. The van der Waals surface area contributed by atoms with Crippen LogP contribution in [0.2, 0.25) is 10.2 Å². The van der Waals surface area contributed by atoms with Crippen LogP contribution in [-0.2, 0) is 19.7 Å². The number of pyridine rings is 1. The van der Waals surface area contributed by atoms with Crippen LogP contribution in [0.25, 0.3) is 0 Å². The minimum absolute atomic E-state index is 0.0149. The van der Waals surface area contributed by atoms with Crippen LogP contribution < -0.4 is 5.32 Å². The van der Waals surface area contributed by atoms with Crippen LogP contribution in [0, 0.1) is 28.5 Å². The number of ketones is 1. The fraction of sp³-hybridized carbons (Fsp3) is 0.618. The minimum atomic E-state index is -1.21. The van der Waals surface area contributed by atoms with Gasteiger partial charge < -0.3 is 15.2 Å². The molecule has 0 bridgehead atoms. The molecule has 6 nitrogen and oxygen atoms in total. The molecular weight excluding hydrogens is 590 g/mol. The Hall–Kier alpha value is -2.06. The van der Waals surface area contributed by atoms with Gasteiger partial charge in [0.05, 0.1) is 28.7 Å². The van der Waals surface area contributed by atoms with Crippen molar-refractivity contribution in [1.29, 1.82) is 0 Å². The number of hydrogen-bond acceptors (Lipinski definition) is 5. The zero-order valence-electron chi connectivity index (χ0n) is 25.3. The highest BCUT2D eigenvalue weighted by Crippen LogP contribution is 2.72. The first kappa shape index (κ1) is 30.9. The van der Waals surface area contributed by atoms with Crippen LogP contribution >= 0.6 is 23.2 Å². The highest BCUT2D eigenvalue weighted by atomic mass is 35.5. The second-order valence-corrected chi connectivity index (χ2v) is 15.6. The SMILES string of the molecule is CC1(C)CCC2(CC1)C[C@@H](C(=O)C[C@@H]1CC[C@@H](C(C)(C)O)OC1)[C@H](c1cccc(Cl)c1F)[C@]21C(=O)Nc2nc(Cl)ccc21. The molecule has 2 N–H and O–H groups in total. The maximum atomic E-state index is 16.1. The molecule has 2 spiro atoms. The van der Waals surface area contributed by atoms with E-state index in [4.69, 9.17) is 27.9 Å². The number of carbonyl (C=O) groups is 2. The molecule has 3 fully saturated rings. The lowest BCUT2D eigenvalue weighted by atomic mass is 9.51. The number of Topliss-reactive ketones (excluding diaryl/α,β-unsaturated/α-hetero) is 1. The van der Waals surface area contributed by atoms with Crippen LogP contribution in [0.15, 0.2) is 30.3 Å². The third-order valence-electron chi connectivity index (χ3n) is 11.1. The lowest BCUT2D eigenvalue weighted by Crippen LogP contribution is -2.52. The molecule has 2 aliphatic carbocycles. The van der Waals surface area contributed by atoms with Crippen LogP contribution in [-0.4, -0.2) is 40.1 Å². The van der Waals surface area contributed by atoms with E-state index in [2.05, 4.69) is 24.1 Å². The summed E-state index contributed by atoms with van der Waals surface area (Å²) in [5.41, 5.74) is -1.66. The van der Waals surface area contributed by atoms with Gasteiger partial charge in [-0.2, -0.15) is 0 Å². The molecule has 43 heavy (non-hydrogen) atoms. The van der Waals surface area contributed by atoms with Crippen LogP contribution in [0.5, 0.6) is 0 Å². The number of anilines is 1. The smallest absolute Gasteiger partial charge is 0.237 e. The van der Waals surface area contributed by atoms with Crippen molar-refractivity contribution < 1.29 is 23.8 Å². The molecule has 1 saturated heterocycles. The van der Waals surface area contributed by atoms with E-state index in [-0.39, 0.29) is 45.7 Å². The summed E-state index contributed by atoms with van der Waals surface area (Å²) >= 11 is 12.7. The van der Waals surface area contributed by atoms with Gasteiger partial charge in [0.1, 0.15) is 22.6 Å². The third kappa shape index (κ3) is 5.03. The summed E-state index contributed by atoms with van der Waals surface area (Å²) in [6.45, 7) is 8.34. The number of rotatable bonds is 5. The maximum Gasteiger partial charge on any atom is 0.237 e. The van der Waals surface area contributed by atoms with Crippen molar-refractivity contribution in [2.24, 2.45) is 22.7 Å². The molecule has 2 aromatic rings. The van der Waals surface area contributed by atoms with Crippen molar-refractivity contribution >= 4 is 40.7 Å². The summed E-state index contributed by atoms with van der Waals surface area (Å²) in [7, 11) is 0. The fourth-order valence-corrected chi connectivity index (χ4v) is 9.15. The molecular formula is C34H41Cl2FN2O4. The Morgan fingerprint density at radius 1 is 1.14 bits per heavy atom. The van der Waals surface area contributed by atoms with Gasteiger partial charge in [-0.3, -0.25) is 9.59 Å². The van der Waals surface area contributed by atoms with Gasteiger partial charge >= 0.3 is 0 Å². The minimum Gasteiger partial charge on any atom is -0.388 e. The zero-order valence-corrected chi connectivity index (χ0v) is 26.8. The molecule has 6 rings (SSSR count). The molecule has 0 unspecified atom stereocenters. The fourth-order valence-electron chi connectivity index (χ4n) is 8.82. The van der Waals surface area contributed by atoms with E-state index >= 15 is 4.39 Å². The largest absolute Gasteiger partial charge is 0.388 e. The number of hydrogen-bond donors (Lipinski definition) is 2. The average Bonchev–Trinajstić information content (AvgIpc) is 3.39. The first-order valence-electron chi connectivity index (χ1n) is 15.5. The van der Waals surface area contributed by atoms with Crippen molar-refractivity contribution in [2.75, 3.05) is 11.9 Å². The number of fused-ring (bicyclic) bond motifs is 3. The number of aliphatic hydroxyl groups is 1. The van der Waals surface area contributed by atoms with Gasteiger partial charge in [0.25, 0.3) is 0 Å². The first-order valence-corrected chi connectivity index (χ1v) is 16.2. The highest BCUT2D eigenvalue weighted by molar-refractivity contribution is 6.31. The Morgan fingerprint density at radius 2 is 1.86 bits per heavy atom. The number of nitrogens with zero attached hydrogens (tertiary/aromatic N) is 1. The topological polar surface area (TPSA) is 88.5 Å². The van der Waals surface area contributed by atoms with Gasteiger partial charge in [-0.25, -0.2) is 9.37 Å². The molecule has 4 aliphatic rings. The molecule has 1 aromatic heterocycles. The number of benzene rings is 1. The lowest BCUT2D eigenvalue weighted by molar-refractivity contribution is -0.134. The molecule has 1 amide bonds. The van der Waals surface area contributed by atoms with E-state index < -0.39 is 34.1 Å². The lowest BCUT2D eigenvalue weighted by Gasteiger charge is -2.50. The number of nitrogens with one attached hydrogen (secondary N) is 1. The summed E-state index contributed by atoms with van der Waals surface area (Å²) in [5.74, 6) is -1.81. The monoisotopic (exact) mass is 630 g/mol. The Kier molecular flexibility index (Phi) is 7.76. The molecule has 1 aromatic carbocycles. The highest BCUT2D eigenvalue weighted by Gasteiger charge is 2.72. The van der Waals surface area contributed by atoms with E-state index in [0.29, 0.717) is 36.4 Å². The number of carbonyl (C=O) groups excluding carboxylic acids is 2. The summed E-state index contributed by atoms with van der Waals surface area (Å²) in [6, 6.07) is 8.41. The first-order chi connectivity index (χ1) is 20.2. The molecule has 232 valence electrons. The number of amides is 1. The Balaban J connectivity index is 1.47. The summed E-state index contributed by atoms with van der Waals surface area (Å²) in [5, 5.41) is 13.7. The van der Waals surface area contributed by atoms with Crippen LogP contribution in [0.1, 0.15) is 96.1 Å². The zero-order chi connectivity index (χ0) is 30.9. The second kappa shape index (κ2) is 10.8. The van der Waals surface area contributed by atoms with E-state index in [1.807, 2.05) is 6.07 Å². The van der Waals surface area contributed by atoms with Crippen LogP contribution in [0.4, 0.5) is 10.2 Å². The number of aromatic nitrogens is 1. The maximum absolute atomic E-state index is 16.1. The predicted molar refractivity (Wildman–Crippen MR) is 165 cm³/mol. The van der Waals surface area contributed by atoms with Crippen molar-refractivity contribution in [3.05, 3.63) is 57.5 Å². The third-order valence-corrected chi connectivity index (χ3v) is 11.6. The number of ether oxygens (including phenoxy) is 1. The van der Waals surface area contributed by atoms with E-state index in [0.717, 1.165) is 32.1 Å². The van der Waals surface area contributed by atoms with E-state index in [9.17, 15) is 14.7 Å². The van der Waals surface area contributed by atoms with Gasteiger partial charge in [0.2, 0.25) is 5.91 Å². The van der Waals surface area contributed by atoms with E-state index in [1.165, 1.54) is 6.07 Å². The standard InChI is InChI=1S/C34H41Cl2FN2O4/c1-31(2)12-14-33(15-13-31)17-21(24(40)16-19-8-10-25(43-18-19)32(3,4)42)27(20-6-5-7-23(35)28(20)37)34(33)22-9-11-26(36)38-29(22)39-30(34)41/h5-7,9,11,19,21,25,27,42H,8,10,12-18H2,1-4H3,(H,38,39,41)/t19-,21-,25-,27-,34+/m0/s1. The van der Waals surface area contributed by atoms with Gasteiger partial charge in [-0.15, -0.1) is 0 Å². The van der Waals surface area contributed by atoms with Crippen molar-refractivity contribution in [1.82, 2.24) is 4.98 Å². The Labute approximate surface area is 263 Å². The van der Waals surface area contributed by atoms with Gasteiger partial charge in [-0.05, 0) is 93.2 Å². The molecule has 3 heterocycles. The normalized spacial score (nSPS) is 31.3. The summed E-state index contributed by atoms with van der Waals surface area (Å²) in [4.78, 5) is 33.6. The van der Waals surface area contributed by atoms with Crippen LogP contribution in [0.3, 0.4) is 0 Å². The van der Waals surface area contributed by atoms with Gasteiger partial charge in [0.15, 0.2) is 0 Å². The Morgan fingerprint density at radius 3 is 2.51 bits per heavy atom. The van der Waals surface area contributed by atoms with Crippen molar-refractivity contribution in [3.63, 3.8) is 0 Å². The summed E-state index contributed by atoms with van der Waals surface area (Å²) in [6.07, 6.45) is 5.12. The summed E-state index contributed by atoms with van der Waals surface area (Å²) < 4.78 is 22.1. The van der Waals surface area contributed by atoms with Crippen molar-refractivity contribution in [2.45, 2.75) is 102 Å². The molecule has 2 saturated carbocycles. The molecule has 0 radical (unpaired) electrons. The second-order valence-electron chi connectivity index (χ2n) is 14.8. The molecule has 5 atom stereocenters. The predicted octanol–water partition coefficient (Wildman–Crippen LogP) is 7.63. The van der Waals surface area contributed by atoms with E-state index in [1.54, 1.807) is 32.0 Å². The quantitative estimate of drug-likeness (QED) is 0.332. The average molecular weight is 632 g/mol. The van der Waals surface area contributed by atoms with Gasteiger partial charge in [-0.1, -0.05) is 55.2 Å². The van der Waals surface area contributed by atoms with Gasteiger partial charge in [0, 0.05) is 23.8 Å². The van der Waals surface area contributed by atoms with Crippen molar-refractivity contribution in [3.8, 4) is 0 Å². The Bertz CT molecular complexity index is 1440. The number of halogens is 3.